The zero-order chi connectivity index (χ0) is 10.3. The molecule has 0 fully saturated rings. The van der Waals surface area contributed by atoms with Crippen LogP contribution in [-0.4, -0.2) is 38.1 Å². The second-order valence-electron chi connectivity index (χ2n) is 4.34. The van der Waals surface area contributed by atoms with Gasteiger partial charge in [-0.15, -0.1) is 0 Å². The van der Waals surface area contributed by atoms with Gasteiger partial charge >= 0.3 is 0 Å². The van der Waals surface area contributed by atoms with E-state index in [2.05, 4.69) is 38.0 Å². The Bertz CT molecular complexity index is 109. The van der Waals surface area contributed by atoms with E-state index in [4.69, 9.17) is 0 Å². The molecule has 0 spiro atoms. The fourth-order valence-electron chi connectivity index (χ4n) is 1.37. The van der Waals surface area contributed by atoms with Gasteiger partial charge in [0.25, 0.3) is 0 Å². The molecule has 1 atom stereocenters. The van der Waals surface area contributed by atoms with Crippen LogP contribution in [0.4, 0.5) is 0 Å². The van der Waals surface area contributed by atoms with Gasteiger partial charge in [0.15, 0.2) is 0 Å². The summed E-state index contributed by atoms with van der Waals surface area (Å²) in [6, 6.07) is 0.650. The van der Waals surface area contributed by atoms with Gasteiger partial charge in [0.1, 0.15) is 0 Å². The molecule has 0 rings (SSSR count). The Morgan fingerprint density at radius 2 is 1.92 bits per heavy atom. The van der Waals surface area contributed by atoms with E-state index in [0.29, 0.717) is 6.04 Å². The second kappa shape index (κ2) is 7.34. The zero-order valence-corrected chi connectivity index (χ0v) is 9.93. The molecule has 0 radical (unpaired) electrons. The summed E-state index contributed by atoms with van der Waals surface area (Å²) in [5.74, 6) is 0.817. The molecule has 80 valence electrons. The van der Waals surface area contributed by atoms with Crippen molar-refractivity contribution >= 4 is 0 Å². The minimum atomic E-state index is 0.650. The summed E-state index contributed by atoms with van der Waals surface area (Å²) in [6.45, 7) is 9.18. The maximum atomic E-state index is 3.33. The lowest BCUT2D eigenvalue weighted by atomic mass is 10.1. The summed E-state index contributed by atoms with van der Waals surface area (Å²) in [5, 5.41) is 3.33. The van der Waals surface area contributed by atoms with Crippen molar-refractivity contribution in [2.24, 2.45) is 5.92 Å². The van der Waals surface area contributed by atoms with E-state index in [1.807, 2.05) is 7.05 Å². The van der Waals surface area contributed by atoms with E-state index in [9.17, 15) is 0 Å². The van der Waals surface area contributed by atoms with Crippen LogP contribution in [0.2, 0.25) is 0 Å². The quantitative estimate of drug-likeness (QED) is 0.654. The fraction of sp³-hybridized carbons (Fsp3) is 1.00. The molecule has 0 aliphatic carbocycles. The highest BCUT2D eigenvalue weighted by molar-refractivity contribution is 4.66. The van der Waals surface area contributed by atoms with Crippen LogP contribution in [0.1, 0.15) is 33.6 Å². The van der Waals surface area contributed by atoms with Crippen molar-refractivity contribution in [3.63, 3.8) is 0 Å². The van der Waals surface area contributed by atoms with E-state index in [1.165, 1.54) is 25.9 Å². The SMILES string of the molecule is CCC(CN(C)CCC(C)C)NC. The van der Waals surface area contributed by atoms with Crippen molar-refractivity contribution in [1.82, 2.24) is 10.2 Å². The smallest absolute Gasteiger partial charge is 0.0189 e. The largest absolute Gasteiger partial charge is 0.316 e. The molecule has 0 amide bonds. The molecule has 1 N–H and O–H groups in total. The Kier molecular flexibility index (Phi) is 7.29. The van der Waals surface area contributed by atoms with Gasteiger partial charge in [-0.2, -0.15) is 0 Å². The van der Waals surface area contributed by atoms with E-state index < -0.39 is 0 Å². The highest BCUT2D eigenvalue weighted by Crippen LogP contribution is 2.01. The Morgan fingerprint density at radius 3 is 2.31 bits per heavy atom. The number of nitrogens with one attached hydrogen (secondary N) is 1. The molecule has 0 aromatic heterocycles. The topological polar surface area (TPSA) is 15.3 Å². The first kappa shape index (κ1) is 12.9. The standard InChI is InChI=1S/C11H26N2/c1-6-11(12-4)9-13(5)8-7-10(2)3/h10-12H,6-9H2,1-5H3. The van der Waals surface area contributed by atoms with Crippen LogP contribution in [0.3, 0.4) is 0 Å². The van der Waals surface area contributed by atoms with Gasteiger partial charge in [0.2, 0.25) is 0 Å². The molecular weight excluding hydrogens is 160 g/mol. The van der Waals surface area contributed by atoms with Gasteiger partial charge in [-0.05, 0) is 39.4 Å². The summed E-state index contributed by atoms with van der Waals surface area (Å²) in [7, 11) is 4.26. The molecule has 0 heterocycles. The van der Waals surface area contributed by atoms with Gasteiger partial charge in [0, 0.05) is 12.6 Å². The Balaban J connectivity index is 3.53. The Morgan fingerprint density at radius 1 is 1.31 bits per heavy atom. The lowest BCUT2D eigenvalue weighted by molar-refractivity contribution is 0.275. The third kappa shape index (κ3) is 7.03. The number of hydrogen-bond donors (Lipinski definition) is 1. The van der Waals surface area contributed by atoms with Crippen molar-refractivity contribution in [2.75, 3.05) is 27.2 Å². The summed E-state index contributed by atoms with van der Waals surface area (Å²) in [5.41, 5.74) is 0. The van der Waals surface area contributed by atoms with Crippen molar-refractivity contribution in [2.45, 2.75) is 39.7 Å². The Labute approximate surface area is 83.7 Å². The van der Waals surface area contributed by atoms with Crippen LogP contribution in [0.5, 0.6) is 0 Å². The van der Waals surface area contributed by atoms with Gasteiger partial charge in [-0.3, -0.25) is 0 Å². The van der Waals surface area contributed by atoms with Crippen LogP contribution in [0.15, 0.2) is 0 Å². The summed E-state index contributed by atoms with van der Waals surface area (Å²) < 4.78 is 0. The number of likely N-dealkylation sites (N-methyl/N-ethyl adjacent to an activating group) is 2. The van der Waals surface area contributed by atoms with Crippen molar-refractivity contribution in [1.29, 1.82) is 0 Å². The molecule has 0 saturated carbocycles. The molecule has 2 heteroatoms. The van der Waals surface area contributed by atoms with E-state index in [-0.39, 0.29) is 0 Å². The van der Waals surface area contributed by atoms with Gasteiger partial charge in [-0.1, -0.05) is 20.8 Å². The third-order valence-electron chi connectivity index (χ3n) is 2.52. The van der Waals surface area contributed by atoms with Crippen LogP contribution in [-0.2, 0) is 0 Å². The summed E-state index contributed by atoms with van der Waals surface area (Å²) in [4.78, 5) is 2.42. The normalized spacial score (nSPS) is 14.1. The predicted octanol–water partition coefficient (Wildman–Crippen LogP) is 1.96. The molecule has 2 nitrogen and oxygen atoms in total. The first-order valence-electron chi connectivity index (χ1n) is 5.45. The maximum Gasteiger partial charge on any atom is 0.0189 e. The van der Waals surface area contributed by atoms with E-state index >= 15 is 0 Å². The summed E-state index contributed by atoms with van der Waals surface area (Å²) >= 11 is 0. The molecule has 1 unspecified atom stereocenters. The van der Waals surface area contributed by atoms with Crippen LogP contribution in [0.25, 0.3) is 0 Å². The molecule has 0 bridgehead atoms. The number of rotatable bonds is 7. The van der Waals surface area contributed by atoms with Gasteiger partial charge in [0.05, 0.1) is 0 Å². The molecule has 0 aliphatic rings. The lowest BCUT2D eigenvalue weighted by Gasteiger charge is -2.23. The zero-order valence-electron chi connectivity index (χ0n) is 9.93. The average Bonchev–Trinajstić information content (AvgIpc) is 2.10. The highest BCUT2D eigenvalue weighted by Gasteiger charge is 2.07. The van der Waals surface area contributed by atoms with Gasteiger partial charge in [-0.25, -0.2) is 0 Å². The highest BCUT2D eigenvalue weighted by atomic mass is 15.1. The monoisotopic (exact) mass is 186 g/mol. The Hall–Kier alpha value is -0.0800. The first-order chi connectivity index (χ1) is 6.10. The maximum absolute atomic E-state index is 3.33. The molecule has 0 aromatic carbocycles. The second-order valence-corrected chi connectivity index (χ2v) is 4.34. The van der Waals surface area contributed by atoms with Crippen molar-refractivity contribution in [3.05, 3.63) is 0 Å². The van der Waals surface area contributed by atoms with Crippen LogP contribution >= 0.6 is 0 Å². The summed E-state index contributed by atoms with van der Waals surface area (Å²) in [6.07, 6.45) is 2.51. The first-order valence-corrected chi connectivity index (χ1v) is 5.45. The lowest BCUT2D eigenvalue weighted by Crippen LogP contribution is -2.37. The van der Waals surface area contributed by atoms with Gasteiger partial charge < -0.3 is 10.2 Å². The van der Waals surface area contributed by atoms with Crippen molar-refractivity contribution < 1.29 is 0 Å². The van der Waals surface area contributed by atoms with Crippen LogP contribution in [0, 0.1) is 5.92 Å². The fourth-order valence-corrected chi connectivity index (χ4v) is 1.37. The van der Waals surface area contributed by atoms with Crippen molar-refractivity contribution in [3.8, 4) is 0 Å². The minimum absolute atomic E-state index is 0.650. The molecule has 13 heavy (non-hydrogen) atoms. The number of hydrogen-bond acceptors (Lipinski definition) is 2. The van der Waals surface area contributed by atoms with E-state index in [1.54, 1.807) is 0 Å². The molecule has 0 saturated heterocycles. The molecular formula is C11H26N2. The average molecular weight is 186 g/mol. The van der Waals surface area contributed by atoms with Crippen LogP contribution < -0.4 is 5.32 Å². The molecule has 0 aromatic rings. The molecule has 0 aliphatic heterocycles. The van der Waals surface area contributed by atoms with E-state index in [0.717, 1.165) is 5.92 Å². The minimum Gasteiger partial charge on any atom is -0.316 e. The third-order valence-corrected chi connectivity index (χ3v) is 2.52. The number of nitrogens with zero attached hydrogens (tertiary/aromatic N) is 1. The predicted molar refractivity (Wildman–Crippen MR) is 60.1 cm³/mol.